The molecule has 0 saturated carbocycles. The van der Waals surface area contributed by atoms with Gasteiger partial charge in [0.25, 0.3) is 0 Å². The number of hydrogen-bond donors (Lipinski definition) is 1. The van der Waals surface area contributed by atoms with Crippen LogP contribution in [-0.2, 0) is 24.1 Å². The van der Waals surface area contributed by atoms with Gasteiger partial charge < -0.3 is 15.2 Å². The van der Waals surface area contributed by atoms with Crippen LogP contribution in [0.5, 0.6) is 0 Å². The number of Topliss-reactive ketones (excluding diaryl/α,β-unsaturated/α-hetero) is 1. The quantitative estimate of drug-likeness (QED) is 0.461. The second-order valence-electron chi connectivity index (χ2n) is 6.33. The molecule has 1 aliphatic heterocycles. The molecule has 0 fully saturated rings. The minimum atomic E-state index is -4.69. The minimum Gasteiger partial charge on any atom is -0.333 e. The summed E-state index contributed by atoms with van der Waals surface area (Å²) in [6.45, 7) is -0.625. The fraction of sp³-hybridized carbons (Fsp3) is 0.375. The lowest BCUT2D eigenvalue weighted by molar-refractivity contribution is -0.148. The van der Waals surface area contributed by atoms with Gasteiger partial charge in [0.05, 0.1) is 18.2 Å². The number of amides is 1. The summed E-state index contributed by atoms with van der Waals surface area (Å²) in [7, 11) is 0. The van der Waals surface area contributed by atoms with E-state index in [-0.39, 0.29) is 31.5 Å². The van der Waals surface area contributed by atoms with Crippen molar-refractivity contribution in [3.63, 3.8) is 0 Å². The molecular weight excluding hydrogens is 408 g/mol. The van der Waals surface area contributed by atoms with Crippen molar-refractivity contribution in [1.82, 2.24) is 19.7 Å². The van der Waals surface area contributed by atoms with Crippen LogP contribution >= 0.6 is 0 Å². The first-order valence-electron chi connectivity index (χ1n) is 8.20. The predicted molar refractivity (Wildman–Crippen MR) is 83.7 cm³/mol. The smallest absolute Gasteiger partial charge is 0.333 e. The number of nitrogens with two attached hydrogens (primary N) is 1. The van der Waals surface area contributed by atoms with Gasteiger partial charge in [-0.15, -0.1) is 10.2 Å². The number of hydrogen-bond acceptors (Lipinski definition) is 5. The molecular formula is C16H13F6N5O2. The Kier molecular flexibility index (Phi) is 5.34. The van der Waals surface area contributed by atoms with Gasteiger partial charge in [0.2, 0.25) is 11.7 Å². The van der Waals surface area contributed by atoms with Gasteiger partial charge in [-0.05, 0) is 6.07 Å². The number of benzene rings is 1. The third-order valence-electron chi connectivity index (χ3n) is 4.37. The number of carbonyl (C=O) groups excluding carboxylic acids is 2. The molecule has 1 aliphatic rings. The van der Waals surface area contributed by atoms with Crippen molar-refractivity contribution >= 4 is 11.7 Å². The summed E-state index contributed by atoms with van der Waals surface area (Å²) < 4.78 is 79.3. The second kappa shape index (κ2) is 7.46. The van der Waals surface area contributed by atoms with E-state index in [0.717, 1.165) is 9.47 Å². The van der Waals surface area contributed by atoms with Gasteiger partial charge in [0.15, 0.2) is 23.2 Å². The molecule has 2 N–H and O–H groups in total. The Morgan fingerprint density at radius 2 is 1.72 bits per heavy atom. The highest BCUT2D eigenvalue weighted by Gasteiger charge is 2.40. The molecule has 1 aromatic carbocycles. The first kappa shape index (κ1) is 20.8. The number of halogens is 6. The zero-order valence-electron chi connectivity index (χ0n) is 14.5. The molecule has 0 unspecified atom stereocenters. The molecule has 0 aliphatic carbocycles. The standard InChI is InChI=1S/C16H13F6N5O2/c17-8-4-10(19)9(18)3-7(8)14(29)11(23)5-13(28)26-1-2-27-12(6-26)24-25-15(27)16(20,21)22/h3-4,11H,1-2,5-6,23H2/t11-/m0/s1. The van der Waals surface area contributed by atoms with Gasteiger partial charge in [-0.2, -0.15) is 13.2 Å². The molecule has 1 amide bonds. The maximum absolute atomic E-state index is 13.7. The summed E-state index contributed by atoms with van der Waals surface area (Å²) in [6, 6.07) is -1.03. The number of ketones is 1. The lowest BCUT2D eigenvalue weighted by Crippen LogP contribution is -2.43. The van der Waals surface area contributed by atoms with E-state index in [9.17, 15) is 35.9 Å². The van der Waals surface area contributed by atoms with Crippen molar-refractivity contribution in [2.24, 2.45) is 5.73 Å². The van der Waals surface area contributed by atoms with Gasteiger partial charge in [-0.1, -0.05) is 0 Å². The van der Waals surface area contributed by atoms with Crippen molar-refractivity contribution in [2.75, 3.05) is 6.54 Å². The van der Waals surface area contributed by atoms with Crippen molar-refractivity contribution in [3.05, 3.63) is 46.8 Å². The number of alkyl halides is 3. The minimum absolute atomic E-state index is 0.0940. The molecule has 13 heteroatoms. The zero-order valence-corrected chi connectivity index (χ0v) is 14.5. The van der Waals surface area contributed by atoms with E-state index < -0.39 is 59.2 Å². The van der Waals surface area contributed by atoms with Crippen molar-refractivity contribution in [2.45, 2.75) is 31.7 Å². The van der Waals surface area contributed by atoms with E-state index in [1.807, 2.05) is 0 Å². The molecule has 0 bridgehead atoms. The average Bonchev–Trinajstić information content (AvgIpc) is 3.07. The SMILES string of the molecule is N[C@@H](CC(=O)N1CCn2c(nnc2C(F)(F)F)C1)C(=O)c1cc(F)c(F)cc1F. The Bertz CT molecular complexity index is 973. The predicted octanol–water partition coefficient (Wildman–Crippen LogP) is 1.66. The van der Waals surface area contributed by atoms with E-state index in [1.165, 1.54) is 0 Å². The van der Waals surface area contributed by atoms with Crippen LogP contribution in [0.4, 0.5) is 26.3 Å². The Morgan fingerprint density at radius 1 is 1.07 bits per heavy atom. The van der Waals surface area contributed by atoms with Crippen LogP contribution in [0.3, 0.4) is 0 Å². The summed E-state index contributed by atoms with van der Waals surface area (Å²) in [5, 5.41) is 6.50. The van der Waals surface area contributed by atoms with E-state index in [0.29, 0.717) is 6.07 Å². The molecule has 0 saturated heterocycles. The third kappa shape index (κ3) is 4.09. The maximum atomic E-state index is 13.7. The van der Waals surface area contributed by atoms with E-state index in [4.69, 9.17) is 5.73 Å². The molecule has 2 heterocycles. The number of nitrogens with zero attached hydrogens (tertiary/aromatic N) is 4. The number of rotatable bonds is 4. The molecule has 29 heavy (non-hydrogen) atoms. The number of fused-ring (bicyclic) bond motifs is 1. The van der Waals surface area contributed by atoms with Crippen LogP contribution in [0.25, 0.3) is 0 Å². The summed E-state index contributed by atoms with van der Waals surface area (Å²) in [4.78, 5) is 25.7. The van der Waals surface area contributed by atoms with Crippen LogP contribution in [0, 0.1) is 17.5 Å². The first-order chi connectivity index (χ1) is 13.5. The Hall–Kier alpha value is -2.96. The second-order valence-corrected chi connectivity index (χ2v) is 6.33. The van der Waals surface area contributed by atoms with E-state index in [2.05, 4.69) is 10.2 Å². The normalized spacial score (nSPS) is 15.2. The molecule has 156 valence electrons. The highest BCUT2D eigenvalue weighted by molar-refractivity contribution is 6.02. The van der Waals surface area contributed by atoms with E-state index >= 15 is 0 Å². The van der Waals surface area contributed by atoms with Gasteiger partial charge in [0.1, 0.15) is 5.82 Å². The lowest BCUT2D eigenvalue weighted by atomic mass is 10.0. The number of aromatic nitrogens is 3. The van der Waals surface area contributed by atoms with Gasteiger partial charge in [0, 0.05) is 25.6 Å². The van der Waals surface area contributed by atoms with Crippen LogP contribution in [0.15, 0.2) is 12.1 Å². The molecule has 0 spiro atoms. The Balaban J connectivity index is 1.69. The highest BCUT2D eigenvalue weighted by Crippen LogP contribution is 2.29. The van der Waals surface area contributed by atoms with Crippen molar-refractivity contribution in [1.29, 1.82) is 0 Å². The maximum Gasteiger partial charge on any atom is 0.451 e. The highest BCUT2D eigenvalue weighted by atomic mass is 19.4. The van der Waals surface area contributed by atoms with Gasteiger partial charge in [-0.25, -0.2) is 13.2 Å². The first-order valence-corrected chi connectivity index (χ1v) is 8.20. The largest absolute Gasteiger partial charge is 0.451 e. The summed E-state index contributed by atoms with van der Waals surface area (Å²) in [5.74, 6) is -7.36. The van der Waals surface area contributed by atoms with Crippen LogP contribution in [-0.4, -0.2) is 43.9 Å². The lowest BCUT2D eigenvalue weighted by Gasteiger charge is -2.28. The Morgan fingerprint density at radius 3 is 2.38 bits per heavy atom. The van der Waals surface area contributed by atoms with Crippen LogP contribution in [0.2, 0.25) is 0 Å². The fourth-order valence-electron chi connectivity index (χ4n) is 2.90. The van der Waals surface area contributed by atoms with Gasteiger partial charge in [-0.3, -0.25) is 9.59 Å². The molecule has 2 aromatic rings. The Labute approximate surface area is 159 Å². The summed E-state index contributed by atoms with van der Waals surface area (Å²) in [5.41, 5.74) is 4.80. The molecule has 7 nitrogen and oxygen atoms in total. The topological polar surface area (TPSA) is 94.1 Å². The van der Waals surface area contributed by atoms with Crippen molar-refractivity contribution < 1.29 is 35.9 Å². The molecule has 0 radical (unpaired) electrons. The molecule has 1 atom stereocenters. The monoisotopic (exact) mass is 421 g/mol. The fourth-order valence-corrected chi connectivity index (χ4v) is 2.90. The van der Waals surface area contributed by atoms with Gasteiger partial charge >= 0.3 is 6.18 Å². The molecule has 1 aromatic heterocycles. The summed E-state index contributed by atoms with van der Waals surface area (Å²) in [6.07, 6.45) is -5.31. The zero-order chi connectivity index (χ0) is 21.5. The molecule has 3 rings (SSSR count). The average molecular weight is 421 g/mol. The third-order valence-corrected chi connectivity index (χ3v) is 4.37. The summed E-state index contributed by atoms with van der Waals surface area (Å²) >= 11 is 0. The van der Waals surface area contributed by atoms with Crippen molar-refractivity contribution in [3.8, 4) is 0 Å². The van der Waals surface area contributed by atoms with Crippen LogP contribution in [0.1, 0.15) is 28.4 Å². The number of carbonyl (C=O) groups is 2. The van der Waals surface area contributed by atoms with E-state index in [1.54, 1.807) is 0 Å². The van der Waals surface area contributed by atoms with Crippen LogP contribution < -0.4 is 5.73 Å².